The van der Waals surface area contributed by atoms with E-state index in [0.717, 1.165) is 6.54 Å². The normalized spacial score (nSPS) is 20.6. The number of benzene rings is 1. The van der Waals surface area contributed by atoms with Crippen LogP contribution in [0.25, 0.3) is 0 Å². The minimum absolute atomic E-state index is 0.212. The first kappa shape index (κ1) is 20.7. The molecule has 0 heterocycles. The van der Waals surface area contributed by atoms with Gasteiger partial charge in [-0.15, -0.1) is 6.58 Å². The Balaban J connectivity index is 1.73. The molecule has 1 fully saturated rings. The number of esters is 1. The first-order valence-electron chi connectivity index (χ1n) is 9.73. The fraction of sp³-hybridized carbons (Fsp3) is 0.591. The van der Waals surface area contributed by atoms with Gasteiger partial charge in [-0.3, -0.25) is 4.79 Å². The summed E-state index contributed by atoms with van der Waals surface area (Å²) in [4.78, 5) is 11.7. The molecule has 144 valence electrons. The SMILES string of the molecule is C=CCN[C@H]1CC[C@H](c2ccc(CNCC(=O)OC(C)(C)C)cc2)CC1. The molecule has 26 heavy (non-hydrogen) atoms. The maximum atomic E-state index is 11.7. The number of nitrogens with one attached hydrogen (secondary N) is 2. The fourth-order valence-electron chi connectivity index (χ4n) is 3.48. The third-order valence-electron chi connectivity index (χ3n) is 4.75. The molecule has 0 bridgehead atoms. The highest BCUT2D eigenvalue weighted by molar-refractivity contribution is 5.72. The molecule has 1 saturated carbocycles. The van der Waals surface area contributed by atoms with Crippen LogP contribution in [0, 0.1) is 0 Å². The first-order chi connectivity index (χ1) is 12.4. The van der Waals surface area contributed by atoms with Crippen molar-refractivity contribution in [1.82, 2.24) is 10.6 Å². The molecule has 0 spiro atoms. The van der Waals surface area contributed by atoms with Crippen molar-refractivity contribution >= 4 is 5.97 Å². The largest absolute Gasteiger partial charge is 0.459 e. The molecule has 2 N–H and O–H groups in total. The molecule has 0 atom stereocenters. The van der Waals surface area contributed by atoms with Crippen molar-refractivity contribution in [3.63, 3.8) is 0 Å². The van der Waals surface area contributed by atoms with E-state index in [9.17, 15) is 4.79 Å². The molecule has 1 aliphatic rings. The van der Waals surface area contributed by atoms with Crippen LogP contribution in [-0.4, -0.2) is 30.7 Å². The minimum Gasteiger partial charge on any atom is -0.459 e. The second-order valence-corrected chi connectivity index (χ2v) is 8.18. The molecule has 2 rings (SSSR count). The second-order valence-electron chi connectivity index (χ2n) is 8.18. The van der Waals surface area contributed by atoms with Crippen molar-refractivity contribution < 1.29 is 9.53 Å². The van der Waals surface area contributed by atoms with E-state index in [2.05, 4.69) is 41.5 Å². The van der Waals surface area contributed by atoms with Crippen LogP contribution < -0.4 is 10.6 Å². The molecule has 0 aliphatic heterocycles. The highest BCUT2D eigenvalue weighted by Gasteiger charge is 2.21. The van der Waals surface area contributed by atoms with Crippen LogP contribution in [0.15, 0.2) is 36.9 Å². The van der Waals surface area contributed by atoms with E-state index in [1.807, 2.05) is 26.8 Å². The zero-order valence-corrected chi connectivity index (χ0v) is 16.5. The molecule has 0 radical (unpaired) electrons. The Hall–Kier alpha value is -1.65. The van der Waals surface area contributed by atoms with Gasteiger partial charge in [0.15, 0.2) is 0 Å². The Labute approximate surface area is 158 Å². The molecule has 0 saturated heterocycles. The third-order valence-corrected chi connectivity index (χ3v) is 4.75. The van der Waals surface area contributed by atoms with Crippen molar-refractivity contribution in [2.45, 2.75) is 70.6 Å². The number of carbonyl (C=O) groups excluding carboxylic acids is 1. The lowest BCUT2D eigenvalue weighted by Crippen LogP contribution is -2.32. The maximum absolute atomic E-state index is 11.7. The predicted molar refractivity (Wildman–Crippen MR) is 107 cm³/mol. The van der Waals surface area contributed by atoms with Gasteiger partial charge in [-0.05, 0) is 63.5 Å². The van der Waals surface area contributed by atoms with Crippen molar-refractivity contribution in [3.8, 4) is 0 Å². The van der Waals surface area contributed by atoms with Gasteiger partial charge in [-0.2, -0.15) is 0 Å². The van der Waals surface area contributed by atoms with E-state index in [1.165, 1.54) is 36.8 Å². The Bertz CT molecular complexity index is 567. The van der Waals surface area contributed by atoms with Crippen molar-refractivity contribution in [2.75, 3.05) is 13.1 Å². The van der Waals surface area contributed by atoms with Gasteiger partial charge in [0.25, 0.3) is 0 Å². The highest BCUT2D eigenvalue weighted by Crippen LogP contribution is 2.32. The smallest absolute Gasteiger partial charge is 0.320 e. The van der Waals surface area contributed by atoms with Gasteiger partial charge >= 0.3 is 5.97 Å². The summed E-state index contributed by atoms with van der Waals surface area (Å²) < 4.78 is 5.30. The summed E-state index contributed by atoms with van der Waals surface area (Å²) in [7, 11) is 0. The molecule has 4 nitrogen and oxygen atoms in total. The van der Waals surface area contributed by atoms with E-state index in [-0.39, 0.29) is 12.5 Å². The van der Waals surface area contributed by atoms with Crippen LogP contribution in [0.4, 0.5) is 0 Å². The Morgan fingerprint density at radius 2 is 1.85 bits per heavy atom. The monoisotopic (exact) mass is 358 g/mol. The number of hydrogen-bond acceptors (Lipinski definition) is 4. The lowest BCUT2D eigenvalue weighted by Gasteiger charge is -2.29. The summed E-state index contributed by atoms with van der Waals surface area (Å²) in [5, 5.41) is 6.69. The zero-order valence-electron chi connectivity index (χ0n) is 16.5. The molecule has 1 aromatic rings. The fourth-order valence-corrected chi connectivity index (χ4v) is 3.48. The number of rotatable bonds is 8. The average Bonchev–Trinajstić information content (AvgIpc) is 2.59. The summed E-state index contributed by atoms with van der Waals surface area (Å²) in [6.45, 7) is 11.2. The Kier molecular flexibility index (Phi) is 7.85. The van der Waals surface area contributed by atoms with Crippen LogP contribution in [0.3, 0.4) is 0 Å². The molecule has 0 unspecified atom stereocenters. The summed E-state index contributed by atoms with van der Waals surface area (Å²) in [6, 6.07) is 9.46. The van der Waals surface area contributed by atoms with E-state index in [0.29, 0.717) is 18.5 Å². The standard InChI is InChI=1S/C22H34N2O2/c1-5-14-24-20-12-10-19(11-13-20)18-8-6-17(7-9-18)15-23-16-21(25)26-22(2,3)4/h5-9,19-20,23-24H,1,10-16H2,2-4H3/t19-,20-. The topological polar surface area (TPSA) is 50.4 Å². The molecule has 0 amide bonds. The van der Waals surface area contributed by atoms with Gasteiger partial charge in [-0.25, -0.2) is 0 Å². The summed E-state index contributed by atoms with van der Waals surface area (Å²) in [5.41, 5.74) is 2.20. The lowest BCUT2D eigenvalue weighted by molar-refractivity contribution is -0.153. The van der Waals surface area contributed by atoms with E-state index >= 15 is 0 Å². The van der Waals surface area contributed by atoms with Crippen LogP contribution >= 0.6 is 0 Å². The summed E-state index contributed by atoms with van der Waals surface area (Å²) in [6.07, 6.45) is 6.88. The van der Waals surface area contributed by atoms with Crippen LogP contribution in [0.1, 0.15) is 63.5 Å². The molecule has 1 aromatic carbocycles. The van der Waals surface area contributed by atoms with Crippen molar-refractivity contribution in [1.29, 1.82) is 0 Å². The average molecular weight is 359 g/mol. The number of carbonyl (C=O) groups is 1. The van der Waals surface area contributed by atoms with Crippen molar-refractivity contribution in [2.24, 2.45) is 0 Å². The first-order valence-corrected chi connectivity index (χ1v) is 9.73. The maximum Gasteiger partial charge on any atom is 0.320 e. The molecular formula is C22H34N2O2. The molecule has 0 aromatic heterocycles. The van der Waals surface area contributed by atoms with E-state index < -0.39 is 5.60 Å². The lowest BCUT2D eigenvalue weighted by atomic mass is 9.81. The minimum atomic E-state index is -0.430. The van der Waals surface area contributed by atoms with E-state index in [4.69, 9.17) is 4.74 Å². The van der Waals surface area contributed by atoms with Gasteiger partial charge < -0.3 is 15.4 Å². The molecular weight excluding hydrogens is 324 g/mol. The van der Waals surface area contributed by atoms with Crippen LogP contribution in [0.2, 0.25) is 0 Å². The Morgan fingerprint density at radius 3 is 2.42 bits per heavy atom. The van der Waals surface area contributed by atoms with Crippen molar-refractivity contribution in [3.05, 3.63) is 48.0 Å². The van der Waals surface area contributed by atoms with Gasteiger partial charge in [0.05, 0.1) is 6.54 Å². The molecule has 1 aliphatic carbocycles. The highest BCUT2D eigenvalue weighted by atomic mass is 16.6. The zero-order chi connectivity index (χ0) is 19.0. The molecule has 4 heteroatoms. The summed E-state index contributed by atoms with van der Waals surface area (Å²) in [5.74, 6) is 0.455. The van der Waals surface area contributed by atoms with Gasteiger partial charge in [0.1, 0.15) is 5.60 Å². The van der Waals surface area contributed by atoms with Gasteiger partial charge in [0.2, 0.25) is 0 Å². The second kappa shape index (κ2) is 9.89. The summed E-state index contributed by atoms with van der Waals surface area (Å²) >= 11 is 0. The number of ether oxygens (including phenoxy) is 1. The third kappa shape index (κ3) is 7.30. The quantitative estimate of drug-likeness (QED) is 0.546. The number of hydrogen-bond donors (Lipinski definition) is 2. The van der Waals surface area contributed by atoms with Crippen LogP contribution in [0.5, 0.6) is 0 Å². The van der Waals surface area contributed by atoms with E-state index in [1.54, 1.807) is 0 Å². The van der Waals surface area contributed by atoms with Gasteiger partial charge in [-0.1, -0.05) is 30.3 Å². The van der Waals surface area contributed by atoms with Gasteiger partial charge in [0, 0.05) is 19.1 Å². The Morgan fingerprint density at radius 1 is 1.19 bits per heavy atom. The predicted octanol–water partition coefficient (Wildman–Crippen LogP) is 3.92. The van der Waals surface area contributed by atoms with Crippen LogP contribution in [-0.2, 0) is 16.1 Å².